The van der Waals surface area contributed by atoms with Crippen molar-refractivity contribution in [3.63, 3.8) is 0 Å². The van der Waals surface area contributed by atoms with Gasteiger partial charge in [0.25, 0.3) is 0 Å². The molecule has 0 aromatic carbocycles. The monoisotopic (exact) mass is 394 g/mol. The Kier molecular flexibility index (Phi) is 6.74. The fraction of sp³-hybridized carbons (Fsp3) is 0.846. The van der Waals surface area contributed by atoms with Crippen molar-refractivity contribution >= 4 is 50.6 Å². The second-order valence-electron chi connectivity index (χ2n) is 7.43. The van der Waals surface area contributed by atoms with E-state index >= 15 is 0 Å². The second kappa shape index (κ2) is 7.07. The molecular weight excluding hydrogens is 362 g/mol. The molecule has 0 bridgehead atoms. The molecule has 0 aliphatic carbocycles. The molecule has 0 spiro atoms. The quantitative estimate of drug-likeness (QED) is 0.478. The van der Waals surface area contributed by atoms with Crippen molar-refractivity contribution in [1.29, 1.82) is 0 Å². The van der Waals surface area contributed by atoms with Crippen LogP contribution in [0.4, 0.5) is 0 Å². The van der Waals surface area contributed by atoms with Crippen LogP contribution in [-0.4, -0.2) is 45.4 Å². The summed E-state index contributed by atoms with van der Waals surface area (Å²) in [6.07, 6.45) is 2.47. The molecule has 0 N–H and O–H groups in total. The van der Waals surface area contributed by atoms with Gasteiger partial charge in [0.05, 0.1) is 0 Å². The van der Waals surface area contributed by atoms with Crippen molar-refractivity contribution in [3.05, 3.63) is 9.94 Å². The minimum atomic E-state index is -1.28. The predicted octanol–water partition coefficient (Wildman–Crippen LogP) is 4.69. The van der Waals surface area contributed by atoms with Gasteiger partial charge in [0.1, 0.15) is 0 Å². The Bertz CT molecular complexity index is 366. The molecule has 20 heavy (non-hydrogen) atoms. The molecule has 0 aromatic rings. The zero-order valence-corrected chi connectivity index (χ0v) is 19.2. The summed E-state index contributed by atoms with van der Waals surface area (Å²) >= 11 is 2.63. The van der Waals surface area contributed by atoms with Gasteiger partial charge in [0.15, 0.2) is 0 Å². The summed E-state index contributed by atoms with van der Waals surface area (Å²) in [6.45, 7) is 22.6. The van der Waals surface area contributed by atoms with Crippen molar-refractivity contribution in [2.75, 3.05) is 0 Å². The molecular formula is C13H31BN2SSeSi2. The number of allylic oxidation sites excluding steroid dienone is 2. The van der Waals surface area contributed by atoms with Gasteiger partial charge >= 0.3 is 140 Å². The average molecular weight is 393 g/mol. The topological polar surface area (TPSA) is 6.48 Å². The average Bonchev–Trinajstić information content (AvgIpc) is 2.59. The van der Waals surface area contributed by atoms with E-state index in [-0.39, 0.29) is 0 Å². The van der Waals surface area contributed by atoms with E-state index in [2.05, 4.69) is 79.0 Å². The predicted molar refractivity (Wildman–Crippen MR) is 103 cm³/mol. The maximum atomic E-state index is 2.84. The molecule has 0 saturated carbocycles. The van der Waals surface area contributed by atoms with Crippen LogP contribution in [0, 0.1) is 0 Å². The van der Waals surface area contributed by atoms with Crippen LogP contribution in [0.25, 0.3) is 0 Å². The van der Waals surface area contributed by atoms with Gasteiger partial charge in [0, 0.05) is 0 Å². The van der Waals surface area contributed by atoms with Gasteiger partial charge in [0.2, 0.25) is 0 Å². The number of rotatable bonds is 6. The summed E-state index contributed by atoms with van der Waals surface area (Å²) < 4.78 is 7.27. The molecule has 0 fully saturated rings. The third kappa shape index (κ3) is 4.51. The van der Waals surface area contributed by atoms with Crippen LogP contribution in [0.1, 0.15) is 26.7 Å². The van der Waals surface area contributed by atoms with Crippen LogP contribution in [0.3, 0.4) is 0 Å². The summed E-state index contributed by atoms with van der Waals surface area (Å²) in [4.78, 5) is 0. The minimum absolute atomic E-state index is 0.543. The molecule has 1 heterocycles. The fourth-order valence-electron chi connectivity index (χ4n) is 2.81. The summed E-state index contributed by atoms with van der Waals surface area (Å²) in [7, 11) is -2.55. The van der Waals surface area contributed by atoms with E-state index in [1.165, 1.54) is 12.8 Å². The fourth-order valence-corrected chi connectivity index (χ4v) is 17.9. The molecule has 1 aliphatic heterocycles. The third-order valence-electron chi connectivity index (χ3n) is 3.46. The number of nitrogens with zero attached hydrogens (tertiary/aromatic N) is 2. The Labute approximate surface area is 140 Å². The van der Waals surface area contributed by atoms with Gasteiger partial charge in [-0.1, -0.05) is 0 Å². The standard InChI is InChI=1S/C13H31BN2SSeSi2/c1-10-12-13(11-2)18-15(14(12)3)17-16(19(4,5)6)20(7,8)9/h10-11H2,1-9H3. The molecule has 0 radical (unpaired) electrons. The molecule has 2 nitrogen and oxygen atoms in total. The Morgan fingerprint density at radius 1 is 1.05 bits per heavy atom. The van der Waals surface area contributed by atoms with Gasteiger partial charge in [-0.15, -0.1) is 0 Å². The molecule has 0 amide bonds. The summed E-state index contributed by atoms with van der Waals surface area (Å²) in [6, 6.07) is 0. The van der Waals surface area contributed by atoms with E-state index in [1.54, 1.807) is 9.94 Å². The molecule has 116 valence electrons. The second-order valence-corrected chi connectivity index (χ2v) is 21.8. The molecule has 1 rings (SSSR count). The Hall–Kier alpha value is 1.03. The molecule has 1 aliphatic rings. The van der Waals surface area contributed by atoms with Gasteiger partial charge in [-0.05, 0) is 0 Å². The van der Waals surface area contributed by atoms with E-state index in [9.17, 15) is 0 Å². The van der Waals surface area contributed by atoms with Crippen molar-refractivity contribution < 1.29 is 0 Å². The Morgan fingerprint density at radius 2 is 1.55 bits per heavy atom. The number of hydrogen-bond donors (Lipinski definition) is 0. The van der Waals surface area contributed by atoms with Crippen LogP contribution in [0.2, 0.25) is 46.1 Å². The maximum absolute atomic E-state index is 2.84. The number of hydrogen-bond acceptors (Lipinski definition) is 3. The SMILES string of the molecule is CCC1=C(CC)B(C)N(SN([Si](C)(C)C)[Si](C)(C)C)[Se]1. The zero-order chi connectivity index (χ0) is 15.7. The van der Waals surface area contributed by atoms with E-state index in [1.807, 2.05) is 0 Å². The van der Waals surface area contributed by atoms with Crippen LogP contribution >= 0.6 is 12.1 Å². The van der Waals surface area contributed by atoms with Gasteiger partial charge in [-0.2, -0.15) is 0 Å². The van der Waals surface area contributed by atoms with Gasteiger partial charge in [-0.25, -0.2) is 0 Å². The first-order valence-corrected chi connectivity index (χ1v) is 16.9. The molecule has 0 saturated heterocycles. The van der Waals surface area contributed by atoms with Crippen molar-refractivity contribution in [3.8, 4) is 0 Å². The molecule has 0 atom stereocenters. The normalized spacial score (nSPS) is 18.6. The van der Waals surface area contributed by atoms with Crippen LogP contribution in [-0.2, 0) is 0 Å². The molecule has 7 heteroatoms. The van der Waals surface area contributed by atoms with Crippen molar-refractivity contribution in [2.45, 2.75) is 72.8 Å². The van der Waals surface area contributed by atoms with E-state index in [0.717, 1.165) is 0 Å². The van der Waals surface area contributed by atoms with Crippen molar-refractivity contribution in [2.24, 2.45) is 0 Å². The first kappa shape index (κ1) is 19.1. The summed E-state index contributed by atoms with van der Waals surface area (Å²) in [5, 5.41) is 0. The van der Waals surface area contributed by atoms with Gasteiger partial charge < -0.3 is 0 Å². The summed E-state index contributed by atoms with van der Waals surface area (Å²) in [5.74, 6) is 0. The Morgan fingerprint density at radius 3 is 1.85 bits per heavy atom. The van der Waals surface area contributed by atoms with E-state index in [4.69, 9.17) is 0 Å². The molecule has 0 aromatic heterocycles. The Balaban J connectivity index is 2.89. The first-order valence-electron chi connectivity index (χ1n) is 7.69. The molecule has 0 unspecified atom stereocenters. The van der Waals surface area contributed by atoms with Crippen LogP contribution in [0.15, 0.2) is 9.94 Å². The van der Waals surface area contributed by atoms with Gasteiger partial charge in [-0.3, -0.25) is 0 Å². The van der Waals surface area contributed by atoms with E-state index < -0.39 is 16.5 Å². The first-order chi connectivity index (χ1) is 9.02. The van der Waals surface area contributed by atoms with Crippen LogP contribution in [0.5, 0.6) is 0 Å². The third-order valence-corrected chi connectivity index (χ3v) is 17.8. The summed E-state index contributed by atoms with van der Waals surface area (Å²) in [5.41, 5.74) is 1.71. The van der Waals surface area contributed by atoms with E-state index in [0.29, 0.717) is 22.0 Å². The van der Waals surface area contributed by atoms with Crippen molar-refractivity contribution in [1.82, 2.24) is 6.87 Å². The zero-order valence-electron chi connectivity index (χ0n) is 14.7. The van der Waals surface area contributed by atoms with Crippen LogP contribution < -0.4 is 0 Å².